The number of carbonyl (C=O) groups is 1. The van der Waals surface area contributed by atoms with Gasteiger partial charge in [0, 0.05) is 19.1 Å². The van der Waals surface area contributed by atoms with Crippen molar-refractivity contribution in [1.82, 2.24) is 10.6 Å². The lowest BCUT2D eigenvalue weighted by Crippen LogP contribution is -2.31. The third-order valence-corrected chi connectivity index (χ3v) is 2.38. The highest BCUT2D eigenvalue weighted by atomic mass is 16.4. The molecule has 56 valence electrons. The second kappa shape index (κ2) is 1.85. The maximum atomic E-state index is 10.1. The zero-order valence-electron chi connectivity index (χ0n) is 5.50. The molecule has 1 heterocycles. The molecule has 1 aliphatic carbocycles. The number of amides is 1. The zero-order chi connectivity index (χ0) is 7.14. The van der Waals surface area contributed by atoms with Crippen molar-refractivity contribution < 1.29 is 9.90 Å². The smallest absolute Gasteiger partial charge is 0.404 e. The third-order valence-electron chi connectivity index (χ3n) is 2.38. The van der Waals surface area contributed by atoms with Crippen molar-refractivity contribution in [2.24, 2.45) is 11.8 Å². The molecule has 1 unspecified atom stereocenters. The van der Waals surface area contributed by atoms with E-state index in [1.54, 1.807) is 0 Å². The molecule has 3 atom stereocenters. The van der Waals surface area contributed by atoms with Gasteiger partial charge in [0.2, 0.25) is 0 Å². The summed E-state index contributed by atoms with van der Waals surface area (Å²) in [7, 11) is 0. The van der Waals surface area contributed by atoms with Gasteiger partial charge in [-0.3, -0.25) is 0 Å². The second-order valence-electron chi connectivity index (χ2n) is 2.96. The quantitative estimate of drug-likeness (QED) is 0.461. The van der Waals surface area contributed by atoms with E-state index < -0.39 is 6.09 Å². The van der Waals surface area contributed by atoms with Crippen molar-refractivity contribution in [3.05, 3.63) is 0 Å². The van der Waals surface area contributed by atoms with Crippen LogP contribution in [-0.2, 0) is 0 Å². The molecule has 0 spiro atoms. The Morgan fingerprint density at radius 2 is 2.10 bits per heavy atom. The summed E-state index contributed by atoms with van der Waals surface area (Å²) in [6, 6.07) is 0.249. The van der Waals surface area contributed by atoms with E-state index in [-0.39, 0.29) is 6.04 Å². The third kappa shape index (κ3) is 0.759. The minimum absolute atomic E-state index is 0.249. The zero-order valence-corrected chi connectivity index (χ0v) is 5.50. The SMILES string of the molecule is O=C(O)NC1[C@H]2CNC[C@@H]12. The van der Waals surface area contributed by atoms with Crippen molar-refractivity contribution in [3.63, 3.8) is 0 Å². The molecule has 4 heteroatoms. The summed E-state index contributed by atoms with van der Waals surface area (Å²) in [5.41, 5.74) is 0. The molecule has 4 nitrogen and oxygen atoms in total. The van der Waals surface area contributed by atoms with Crippen molar-refractivity contribution in [3.8, 4) is 0 Å². The van der Waals surface area contributed by atoms with E-state index in [9.17, 15) is 4.79 Å². The van der Waals surface area contributed by atoms with Crippen molar-refractivity contribution in [2.75, 3.05) is 13.1 Å². The largest absolute Gasteiger partial charge is 0.465 e. The van der Waals surface area contributed by atoms with Crippen molar-refractivity contribution >= 4 is 6.09 Å². The second-order valence-corrected chi connectivity index (χ2v) is 2.96. The van der Waals surface area contributed by atoms with Gasteiger partial charge in [-0.25, -0.2) is 4.79 Å². The van der Waals surface area contributed by atoms with Crippen LogP contribution in [0.2, 0.25) is 0 Å². The maximum Gasteiger partial charge on any atom is 0.404 e. The molecule has 1 amide bonds. The molecule has 2 fully saturated rings. The summed E-state index contributed by atoms with van der Waals surface area (Å²) in [6.07, 6.45) is -0.889. The van der Waals surface area contributed by atoms with E-state index in [0.29, 0.717) is 11.8 Å². The molecule has 1 saturated carbocycles. The molecule has 2 rings (SSSR count). The van der Waals surface area contributed by atoms with E-state index in [0.717, 1.165) is 13.1 Å². The van der Waals surface area contributed by atoms with Crippen LogP contribution < -0.4 is 10.6 Å². The highest BCUT2D eigenvalue weighted by Crippen LogP contribution is 2.41. The standard InChI is InChI=1S/C6H10N2O2/c9-6(10)8-5-3-1-7-2-4(3)5/h3-5,7-8H,1-2H2,(H,9,10)/t3-,4+,5?. The predicted molar refractivity (Wildman–Crippen MR) is 34.8 cm³/mol. The fourth-order valence-corrected chi connectivity index (χ4v) is 1.78. The van der Waals surface area contributed by atoms with Gasteiger partial charge in [0.25, 0.3) is 0 Å². The number of hydrogen-bond donors (Lipinski definition) is 3. The van der Waals surface area contributed by atoms with Crippen LogP contribution >= 0.6 is 0 Å². The van der Waals surface area contributed by atoms with E-state index >= 15 is 0 Å². The number of rotatable bonds is 1. The minimum Gasteiger partial charge on any atom is -0.465 e. The van der Waals surface area contributed by atoms with Crippen molar-refractivity contribution in [2.45, 2.75) is 6.04 Å². The van der Waals surface area contributed by atoms with Crippen LogP contribution in [-0.4, -0.2) is 30.3 Å². The molecular formula is C6H10N2O2. The molecule has 0 aromatic carbocycles. The summed E-state index contributed by atoms with van der Waals surface area (Å²) in [5.74, 6) is 1.16. The van der Waals surface area contributed by atoms with Gasteiger partial charge >= 0.3 is 6.09 Å². The van der Waals surface area contributed by atoms with E-state index in [2.05, 4.69) is 10.6 Å². The van der Waals surface area contributed by atoms with Gasteiger partial charge in [0.15, 0.2) is 0 Å². The van der Waals surface area contributed by atoms with Gasteiger partial charge in [0.1, 0.15) is 0 Å². The minimum atomic E-state index is -0.889. The summed E-state index contributed by atoms with van der Waals surface area (Å²) in [4.78, 5) is 10.1. The summed E-state index contributed by atoms with van der Waals surface area (Å²) >= 11 is 0. The highest BCUT2D eigenvalue weighted by molar-refractivity contribution is 5.65. The van der Waals surface area contributed by atoms with Gasteiger partial charge in [0.05, 0.1) is 0 Å². The fourth-order valence-electron chi connectivity index (χ4n) is 1.78. The van der Waals surface area contributed by atoms with Crippen LogP contribution in [0.1, 0.15) is 0 Å². The first kappa shape index (κ1) is 5.97. The van der Waals surface area contributed by atoms with Gasteiger partial charge in [-0.1, -0.05) is 0 Å². The lowest BCUT2D eigenvalue weighted by Gasteiger charge is -2.02. The fraction of sp³-hybridized carbons (Fsp3) is 0.833. The molecule has 1 aliphatic heterocycles. The van der Waals surface area contributed by atoms with Gasteiger partial charge in [-0.05, 0) is 11.8 Å². The van der Waals surface area contributed by atoms with E-state index in [1.165, 1.54) is 0 Å². The summed E-state index contributed by atoms with van der Waals surface area (Å²) < 4.78 is 0. The van der Waals surface area contributed by atoms with Gasteiger partial charge in [-0.15, -0.1) is 0 Å². The molecule has 0 aromatic heterocycles. The average molecular weight is 142 g/mol. The highest BCUT2D eigenvalue weighted by Gasteiger charge is 2.53. The Hall–Kier alpha value is -0.770. The van der Waals surface area contributed by atoms with Crippen LogP contribution in [0.4, 0.5) is 4.79 Å². The number of piperidine rings is 1. The summed E-state index contributed by atoms with van der Waals surface area (Å²) in [5, 5.41) is 14.0. The molecule has 3 N–H and O–H groups in total. The summed E-state index contributed by atoms with van der Waals surface area (Å²) in [6.45, 7) is 1.96. The van der Waals surface area contributed by atoms with Crippen LogP contribution in [0.15, 0.2) is 0 Å². The Morgan fingerprint density at radius 1 is 1.50 bits per heavy atom. The molecule has 0 aromatic rings. The predicted octanol–water partition coefficient (Wildman–Crippen LogP) is -0.528. The van der Waals surface area contributed by atoms with E-state index in [1.807, 2.05) is 0 Å². The molecular weight excluding hydrogens is 132 g/mol. The Morgan fingerprint density at radius 3 is 2.60 bits per heavy atom. The Bertz CT molecular complexity index is 161. The van der Waals surface area contributed by atoms with Crippen LogP contribution in [0.5, 0.6) is 0 Å². The first-order chi connectivity index (χ1) is 4.79. The van der Waals surface area contributed by atoms with Crippen LogP contribution in [0.25, 0.3) is 0 Å². The number of nitrogens with one attached hydrogen (secondary N) is 2. The Balaban J connectivity index is 1.84. The molecule has 10 heavy (non-hydrogen) atoms. The molecule has 0 radical (unpaired) electrons. The van der Waals surface area contributed by atoms with Crippen LogP contribution in [0.3, 0.4) is 0 Å². The van der Waals surface area contributed by atoms with Crippen LogP contribution in [0, 0.1) is 11.8 Å². The molecule has 1 saturated heterocycles. The lowest BCUT2D eigenvalue weighted by molar-refractivity contribution is 0.192. The number of carboxylic acid groups (broad SMARTS) is 1. The lowest BCUT2D eigenvalue weighted by atomic mass is 10.4. The monoisotopic (exact) mass is 142 g/mol. The van der Waals surface area contributed by atoms with Gasteiger partial charge in [-0.2, -0.15) is 0 Å². The molecule has 0 bridgehead atoms. The maximum absolute atomic E-state index is 10.1. The number of hydrogen-bond acceptors (Lipinski definition) is 2. The number of fused-ring (bicyclic) bond motifs is 1. The normalized spacial score (nSPS) is 42.6. The first-order valence-corrected chi connectivity index (χ1v) is 3.49. The van der Waals surface area contributed by atoms with Gasteiger partial charge < -0.3 is 15.7 Å². The topological polar surface area (TPSA) is 61.4 Å². The first-order valence-electron chi connectivity index (χ1n) is 3.49. The average Bonchev–Trinajstić information content (AvgIpc) is 2.40. The van der Waals surface area contributed by atoms with Crippen molar-refractivity contribution in [1.29, 1.82) is 0 Å². The van der Waals surface area contributed by atoms with E-state index in [4.69, 9.17) is 5.11 Å². The Kier molecular flexibility index (Phi) is 1.11. The Labute approximate surface area is 58.6 Å². The molecule has 2 aliphatic rings.